The van der Waals surface area contributed by atoms with Gasteiger partial charge in [-0.05, 0) is 205 Å². The van der Waals surface area contributed by atoms with Crippen molar-refractivity contribution < 1.29 is 0 Å². The number of para-hydroxylation sites is 1. The first kappa shape index (κ1) is 54.1. The van der Waals surface area contributed by atoms with E-state index in [1.165, 1.54) is 121 Å². The van der Waals surface area contributed by atoms with Gasteiger partial charge in [-0.2, -0.15) is 0 Å². The van der Waals surface area contributed by atoms with Crippen LogP contribution in [0.1, 0.15) is 25.0 Å². The van der Waals surface area contributed by atoms with Gasteiger partial charge in [0.2, 0.25) is 0 Å². The zero-order valence-corrected chi connectivity index (χ0v) is 51.7. The summed E-state index contributed by atoms with van der Waals surface area (Å²) in [6.07, 6.45) is 0. The summed E-state index contributed by atoms with van der Waals surface area (Å²) < 4.78 is 2.50. The fraction of sp³-hybridized carbons (Fsp3) is 0.0330. The van der Waals surface area contributed by atoms with Crippen LogP contribution in [-0.4, -0.2) is 4.57 Å². The number of anilines is 3. The monoisotopic (exact) mass is 1180 g/mol. The van der Waals surface area contributed by atoms with Crippen molar-refractivity contribution in [1.82, 2.24) is 4.57 Å². The molecule has 18 rings (SSSR count). The normalized spacial score (nSPS) is 12.5. The molecule has 17 aromatic rings. The quantitative estimate of drug-likeness (QED) is 0.132. The van der Waals surface area contributed by atoms with E-state index < -0.39 is 0 Å². The average Bonchev–Trinajstić information content (AvgIpc) is 1.73. The van der Waals surface area contributed by atoms with Crippen molar-refractivity contribution in [1.29, 1.82) is 0 Å². The highest BCUT2D eigenvalue weighted by Crippen LogP contribution is 2.52. The van der Waals surface area contributed by atoms with E-state index in [1.807, 2.05) is 0 Å². The summed E-state index contributed by atoms with van der Waals surface area (Å²) in [7, 11) is 0. The van der Waals surface area contributed by atoms with Gasteiger partial charge in [0.1, 0.15) is 0 Å². The van der Waals surface area contributed by atoms with Crippen LogP contribution in [0.25, 0.3) is 148 Å². The number of hydrogen-bond acceptors (Lipinski definition) is 1. The molecule has 0 spiro atoms. The summed E-state index contributed by atoms with van der Waals surface area (Å²) in [6, 6.07) is 126. The van der Waals surface area contributed by atoms with Gasteiger partial charge in [0, 0.05) is 38.9 Å². The summed E-state index contributed by atoms with van der Waals surface area (Å²) in [4.78, 5) is 2.42. The third-order valence-electron chi connectivity index (χ3n) is 20.0. The van der Waals surface area contributed by atoms with Gasteiger partial charge >= 0.3 is 0 Å². The fourth-order valence-electron chi connectivity index (χ4n) is 15.5. The second kappa shape index (κ2) is 21.7. The Bertz CT molecular complexity index is 5730. The third-order valence-corrected chi connectivity index (χ3v) is 20.0. The van der Waals surface area contributed by atoms with E-state index in [0.29, 0.717) is 0 Å². The van der Waals surface area contributed by atoms with Crippen LogP contribution < -0.4 is 4.90 Å². The van der Waals surface area contributed by atoms with Crippen LogP contribution in [0.15, 0.2) is 340 Å². The number of hydrogen-bond donors (Lipinski definition) is 0. The molecular weight excluding hydrogens is 1120 g/mol. The molecule has 2 heteroatoms. The van der Waals surface area contributed by atoms with Crippen molar-refractivity contribution in [2.45, 2.75) is 19.3 Å². The van der Waals surface area contributed by atoms with Crippen molar-refractivity contribution in [2.24, 2.45) is 0 Å². The Morgan fingerprint density at radius 3 is 1.32 bits per heavy atom. The first-order valence-electron chi connectivity index (χ1n) is 32.4. The number of rotatable bonds is 10. The molecular formula is C91H62N2. The Labute approximate surface area is 541 Å². The molecule has 0 saturated carbocycles. The van der Waals surface area contributed by atoms with Crippen LogP contribution in [0.4, 0.5) is 17.1 Å². The van der Waals surface area contributed by atoms with Crippen molar-refractivity contribution in [2.75, 3.05) is 4.90 Å². The predicted octanol–water partition coefficient (Wildman–Crippen LogP) is 25.2. The minimum absolute atomic E-state index is 0.137. The highest BCUT2D eigenvalue weighted by Gasteiger charge is 2.36. The number of benzene rings is 16. The molecule has 0 saturated heterocycles. The second-order valence-electron chi connectivity index (χ2n) is 25.5. The lowest BCUT2D eigenvalue weighted by Crippen LogP contribution is -2.16. The number of nitrogens with zero attached hydrogens (tertiary/aromatic N) is 2. The summed E-state index contributed by atoms with van der Waals surface area (Å²) in [5, 5.41) is 12.2. The summed E-state index contributed by atoms with van der Waals surface area (Å²) in [5.74, 6) is 0. The highest BCUT2D eigenvalue weighted by atomic mass is 15.1. The molecule has 1 aliphatic carbocycles. The van der Waals surface area contributed by atoms with Gasteiger partial charge in [0.05, 0.1) is 11.0 Å². The van der Waals surface area contributed by atoms with Gasteiger partial charge in [0.25, 0.3) is 0 Å². The zero-order chi connectivity index (χ0) is 61.7. The standard InChI is InChI=1S/C91H62N2/c1-91(2)86-38-14-12-31-79(86)80-50-49-70(58-87(80)91)92(68-45-40-60(41-46-68)59-20-4-3-5-21-59)69-47-42-61(43-48-69)65-44-53-89-85(57-65)81-32-13-15-39-88(81)93(89)71-55-66(75-33-16-25-62-22-6-9-28-72(62)75)54-67(56-71)76-51-52-84(78-35-18-27-64-24-8-11-30-74(64)78)90-82(76)36-19-37-83(90)77-34-17-26-63-23-7-10-29-73(63)77/h3-58H,1-2H3. The minimum atomic E-state index is -0.137. The highest BCUT2D eigenvalue weighted by molar-refractivity contribution is 6.18. The average molecular weight is 1180 g/mol. The molecule has 16 aromatic carbocycles. The summed E-state index contributed by atoms with van der Waals surface area (Å²) in [6.45, 7) is 4.72. The van der Waals surface area contributed by atoms with Crippen LogP contribution in [0.3, 0.4) is 0 Å². The lowest BCUT2D eigenvalue weighted by atomic mass is 9.82. The van der Waals surface area contributed by atoms with Crippen molar-refractivity contribution in [3.8, 4) is 83.6 Å². The van der Waals surface area contributed by atoms with E-state index in [4.69, 9.17) is 0 Å². The lowest BCUT2D eigenvalue weighted by Gasteiger charge is -2.28. The van der Waals surface area contributed by atoms with E-state index in [2.05, 4.69) is 363 Å². The van der Waals surface area contributed by atoms with Crippen molar-refractivity contribution >= 4 is 82.0 Å². The molecule has 1 aromatic heterocycles. The Hall–Kier alpha value is -11.8. The van der Waals surface area contributed by atoms with E-state index in [-0.39, 0.29) is 5.41 Å². The molecule has 0 aliphatic heterocycles. The Morgan fingerprint density at radius 2 is 0.656 bits per heavy atom. The Balaban J connectivity index is 0.794. The predicted molar refractivity (Wildman–Crippen MR) is 396 cm³/mol. The third kappa shape index (κ3) is 8.93. The molecule has 1 heterocycles. The molecule has 436 valence electrons. The molecule has 93 heavy (non-hydrogen) atoms. The molecule has 0 fully saturated rings. The van der Waals surface area contributed by atoms with Crippen LogP contribution >= 0.6 is 0 Å². The smallest absolute Gasteiger partial charge is 0.0541 e. The van der Waals surface area contributed by atoms with Crippen LogP contribution in [0.5, 0.6) is 0 Å². The molecule has 0 N–H and O–H groups in total. The second-order valence-corrected chi connectivity index (χ2v) is 25.5. The van der Waals surface area contributed by atoms with Crippen molar-refractivity contribution in [3.05, 3.63) is 351 Å². The van der Waals surface area contributed by atoms with E-state index >= 15 is 0 Å². The molecule has 0 amide bonds. The molecule has 2 nitrogen and oxygen atoms in total. The SMILES string of the molecule is CC1(C)c2ccccc2-c2ccc(N(c3ccc(-c4ccccc4)cc3)c3ccc(-c4ccc5c(c4)c4ccccc4n5-c4cc(-c5cccc6ccccc56)cc(-c5ccc(-c6cccc7ccccc67)c6c(-c7cccc8ccccc78)cccc56)c4)cc3)cc21. The molecule has 0 atom stereocenters. The summed E-state index contributed by atoms with van der Waals surface area (Å²) in [5.41, 5.74) is 26.3. The largest absolute Gasteiger partial charge is 0.310 e. The molecule has 0 bridgehead atoms. The first-order chi connectivity index (χ1) is 45.9. The summed E-state index contributed by atoms with van der Waals surface area (Å²) >= 11 is 0. The molecule has 0 unspecified atom stereocenters. The van der Waals surface area contributed by atoms with Crippen LogP contribution in [0.2, 0.25) is 0 Å². The van der Waals surface area contributed by atoms with E-state index in [1.54, 1.807) is 0 Å². The van der Waals surface area contributed by atoms with Gasteiger partial charge in [-0.15, -0.1) is 0 Å². The van der Waals surface area contributed by atoms with Gasteiger partial charge in [-0.1, -0.05) is 281 Å². The fourth-order valence-corrected chi connectivity index (χ4v) is 15.5. The minimum Gasteiger partial charge on any atom is -0.310 e. The van der Waals surface area contributed by atoms with Gasteiger partial charge in [-0.25, -0.2) is 0 Å². The van der Waals surface area contributed by atoms with Crippen LogP contribution in [0, 0.1) is 0 Å². The topological polar surface area (TPSA) is 8.17 Å². The number of aromatic nitrogens is 1. The molecule has 1 aliphatic rings. The molecule has 0 radical (unpaired) electrons. The van der Waals surface area contributed by atoms with E-state index in [0.717, 1.165) is 56.0 Å². The van der Waals surface area contributed by atoms with Gasteiger partial charge in [-0.3, -0.25) is 0 Å². The maximum Gasteiger partial charge on any atom is 0.0541 e. The van der Waals surface area contributed by atoms with E-state index in [9.17, 15) is 0 Å². The maximum atomic E-state index is 2.50. The lowest BCUT2D eigenvalue weighted by molar-refractivity contribution is 0.660. The first-order valence-corrected chi connectivity index (χ1v) is 32.4. The Kier molecular flexibility index (Phi) is 12.6. The van der Waals surface area contributed by atoms with Gasteiger partial charge < -0.3 is 9.47 Å². The van der Waals surface area contributed by atoms with Gasteiger partial charge in [0.15, 0.2) is 0 Å². The number of fused-ring (bicyclic) bond motifs is 10. The van der Waals surface area contributed by atoms with Crippen molar-refractivity contribution in [3.63, 3.8) is 0 Å². The Morgan fingerprint density at radius 1 is 0.237 bits per heavy atom. The maximum absolute atomic E-state index is 2.50. The zero-order valence-electron chi connectivity index (χ0n) is 51.7. The van der Waals surface area contributed by atoms with Crippen LogP contribution in [-0.2, 0) is 5.41 Å².